The van der Waals surface area contributed by atoms with E-state index in [-0.39, 0.29) is 5.91 Å². The van der Waals surface area contributed by atoms with E-state index in [0.717, 1.165) is 52.7 Å². The van der Waals surface area contributed by atoms with Crippen LogP contribution >= 0.6 is 0 Å². The molecule has 7 heteroatoms. The van der Waals surface area contributed by atoms with Crippen molar-refractivity contribution >= 4 is 11.6 Å². The number of aromatic nitrogens is 3. The van der Waals surface area contributed by atoms with Crippen LogP contribution in [0.4, 0.5) is 5.69 Å². The zero-order chi connectivity index (χ0) is 24.5. The van der Waals surface area contributed by atoms with Gasteiger partial charge in [0.15, 0.2) is 0 Å². The molecule has 0 bridgehead atoms. The van der Waals surface area contributed by atoms with Gasteiger partial charge in [0.1, 0.15) is 17.1 Å². The van der Waals surface area contributed by atoms with Crippen LogP contribution in [0.25, 0.3) is 17.1 Å². The number of nitrogens with zero attached hydrogens (tertiary/aromatic N) is 5. The molecule has 2 aromatic carbocycles. The minimum absolute atomic E-state index is 0.00764. The molecule has 180 valence electrons. The lowest BCUT2D eigenvalue weighted by molar-refractivity contribution is 0.0737. The second-order valence-electron chi connectivity index (χ2n) is 9.10. The van der Waals surface area contributed by atoms with Gasteiger partial charge in [0, 0.05) is 45.1 Å². The highest BCUT2D eigenvalue weighted by Gasteiger charge is 2.27. The summed E-state index contributed by atoms with van der Waals surface area (Å²) in [6.07, 6.45) is 1.99. The Kier molecular flexibility index (Phi) is 6.07. The van der Waals surface area contributed by atoms with E-state index in [1.165, 1.54) is 0 Å². The van der Waals surface area contributed by atoms with E-state index in [0.29, 0.717) is 18.8 Å². The molecule has 5 rings (SSSR count). The molecule has 4 aromatic rings. The second kappa shape index (κ2) is 9.33. The zero-order valence-corrected chi connectivity index (χ0v) is 20.7. The van der Waals surface area contributed by atoms with Gasteiger partial charge in [-0.1, -0.05) is 12.1 Å². The highest BCUT2D eigenvalue weighted by molar-refractivity contribution is 5.94. The van der Waals surface area contributed by atoms with Gasteiger partial charge in [-0.05, 0) is 73.5 Å². The predicted octanol–water partition coefficient (Wildman–Crippen LogP) is 4.47. The average Bonchev–Trinajstić information content (AvgIpc) is 3.51. The molecule has 3 heterocycles. The molecule has 2 aromatic heterocycles. The summed E-state index contributed by atoms with van der Waals surface area (Å²) >= 11 is 0. The Bertz CT molecular complexity index is 1340. The number of hydrogen-bond donors (Lipinski definition) is 0. The fraction of sp³-hybridized carbons (Fsp3) is 0.286. The maximum absolute atomic E-state index is 13.8. The van der Waals surface area contributed by atoms with Crippen LogP contribution in [-0.2, 0) is 7.05 Å². The minimum Gasteiger partial charge on any atom is -0.497 e. The molecule has 1 amide bonds. The highest BCUT2D eigenvalue weighted by Crippen LogP contribution is 2.26. The minimum atomic E-state index is 0.00764. The summed E-state index contributed by atoms with van der Waals surface area (Å²) in [5.41, 5.74) is 6.65. The van der Waals surface area contributed by atoms with Gasteiger partial charge < -0.3 is 19.1 Å². The molecule has 7 nitrogen and oxygen atoms in total. The number of hydrogen-bond acceptors (Lipinski definition) is 4. The fourth-order valence-electron chi connectivity index (χ4n) is 4.64. The molecule has 0 unspecified atom stereocenters. The van der Waals surface area contributed by atoms with Crippen molar-refractivity contribution in [3.63, 3.8) is 0 Å². The van der Waals surface area contributed by atoms with Crippen LogP contribution in [0, 0.1) is 13.8 Å². The molecule has 0 atom stereocenters. The summed E-state index contributed by atoms with van der Waals surface area (Å²) in [5.74, 6) is 0.851. The molecule has 0 saturated carbocycles. The molecule has 35 heavy (non-hydrogen) atoms. The van der Waals surface area contributed by atoms with E-state index in [1.807, 2.05) is 57.7 Å². The number of amides is 1. The summed E-state index contributed by atoms with van der Waals surface area (Å²) < 4.78 is 9.12. The molecule has 1 fully saturated rings. The topological polar surface area (TPSA) is 55.5 Å². The van der Waals surface area contributed by atoms with Crippen LogP contribution in [0.3, 0.4) is 0 Å². The molecular formula is C28H31N5O2. The van der Waals surface area contributed by atoms with E-state index in [1.54, 1.807) is 7.11 Å². The number of benzene rings is 2. The van der Waals surface area contributed by atoms with Crippen LogP contribution in [0.1, 0.15) is 21.6 Å². The van der Waals surface area contributed by atoms with Crippen molar-refractivity contribution in [2.75, 3.05) is 38.2 Å². The Morgan fingerprint density at radius 3 is 2.34 bits per heavy atom. The number of carbonyl (C=O) groups is 1. The molecule has 1 aliphatic rings. The van der Waals surface area contributed by atoms with E-state index in [2.05, 4.69) is 49.1 Å². The third-order valence-corrected chi connectivity index (χ3v) is 6.73. The molecule has 0 radical (unpaired) electrons. The van der Waals surface area contributed by atoms with Crippen LogP contribution in [-0.4, -0.2) is 58.4 Å². The Morgan fingerprint density at radius 2 is 1.69 bits per heavy atom. The molecular weight excluding hydrogens is 438 g/mol. The van der Waals surface area contributed by atoms with Gasteiger partial charge in [-0.25, -0.2) is 4.68 Å². The summed E-state index contributed by atoms with van der Waals surface area (Å²) in [4.78, 5) is 18.1. The number of methoxy groups -OCH3 is 1. The van der Waals surface area contributed by atoms with Crippen LogP contribution in [0.2, 0.25) is 0 Å². The number of piperazine rings is 1. The van der Waals surface area contributed by atoms with Gasteiger partial charge in [-0.2, -0.15) is 5.10 Å². The van der Waals surface area contributed by atoms with Crippen molar-refractivity contribution < 1.29 is 9.53 Å². The summed E-state index contributed by atoms with van der Waals surface area (Å²) in [5, 5.41) is 4.91. The van der Waals surface area contributed by atoms with E-state index in [9.17, 15) is 4.79 Å². The maximum Gasteiger partial charge on any atom is 0.272 e. The van der Waals surface area contributed by atoms with Crippen molar-refractivity contribution in [1.82, 2.24) is 19.2 Å². The number of anilines is 1. The van der Waals surface area contributed by atoms with Crippen molar-refractivity contribution in [1.29, 1.82) is 0 Å². The first-order valence-electron chi connectivity index (χ1n) is 11.9. The standard InChI is InChI=1S/C28H31N5O2/c1-20-7-8-21(2)26(18-20)33-27(19-24(29-33)25-6-5-13-30(25)3)28(34)32-16-14-31(15-17-32)22-9-11-23(35-4)12-10-22/h5-13,18-19H,14-17H2,1-4H3. The molecule has 1 aliphatic heterocycles. The Morgan fingerprint density at radius 1 is 0.943 bits per heavy atom. The Labute approximate surface area is 206 Å². The molecule has 0 N–H and O–H groups in total. The number of rotatable bonds is 5. The van der Waals surface area contributed by atoms with Gasteiger partial charge in [0.05, 0.1) is 18.5 Å². The Balaban J connectivity index is 1.43. The van der Waals surface area contributed by atoms with Gasteiger partial charge in [0.2, 0.25) is 0 Å². The normalized spacial score (nSPS) is 13.8. The van der Waals surface area contributed by atoms with E-state index in [4.69, 9.17) is 9.84 Å². The van der Waals surface area contributed by atoms with Gasteiger partial charge in [-0.15, -0.1) is 0 Å². The van der Waals surface area contributed by atoms with Crippen LogP contribution in [0.5, 0.6) is 5.75 Å². The summed E-state index contributed by atoms with van der Waals surface area (Å²) in [6.45, 7) is 6.98. The third kappa shape index (κ3) is 4.41. The summed E-state index contributed by atoms with van der Waals surface area (Å²) in [7, 11) is 3.66. The molecule has 0 spiro atoms. The van der Waals surface area contributed by atoms with Crippen molar-refractivity contribution in [3.8, 4) is 22.8 Å². The highest BCUT2D eigenvalue weighted by atomic mass is 16.5. The van der Waals surface area contributed by atoms with Crippen LogP contribution < -0.4 is 9.64 Å². The fourth-order valence-corrected chi connectivity index (χ4v) is 4.64. The number of carbonyl (C=O) groups excluding carboxylic acids is 1. The van der Waals surface area contributed by atoms with Gasteiger partial charge >= 0.3 is 0 Å². The largest absolute Gasteiger partial charge is 0.497 e. The van der Waals surface area contributed by atoms with E-state index < -0.39 is 0 Å². The maximum atomic E-state index is 13.8. The lowest BCUT2D eigenvalue weighted by Gasteiger charge is -2.36. The SMILES string of the molecule is COc1ccc(N2CCN(C(=O)c3cc(-c4cccn4C)nn3-c3cc(C)ccc3C)CC2)cc1. The smallest absolute Gasteiger partial charge is 0.272 e. The number of aryl methyl sites for hydroxylation is 3. The number of ether oxygens (including phenoxy) is 1. The lowest BCUT2D eigenvalue weighted by atomic mass is 10.1. The van der Waals surface area contributed by atoms with Gasteiger partial charge in [0.25, 0.3) is 5.91 Å². The summed E-state index contributed by atoms with van der Waals surface area (Å²) in [6, 6.07) is 20.3. The average molecular weight is 470 g/mol. The zero-order valence-electron chi connectivity index (χ0n) is 20.7. The third-order valence-electron chi connectivity index (χ3n) is 6.73. The molecule has 1 saturated heterocycles. The monoisotopic (exact) mass is 469 g/mol. The molecule has 0 aliphatic carbocycles. The first-order valence-corrected chi connectivity index (χ1v) is 11.9. The Hall–Kier alpha value is -4.00. The van der Waals surface area contributed by atoms with Crippen molar-refractivity contribution in [3.05, 3.63) is 83.7 Å². The van der Waals surface area contributed by atoms with Crippen molar-refractivity contribution in [2.24, 2.45) is 7.05 Å². The first-order chi connectivity index (χ1) is 16.9. The van der Waals surface area contributed by atoms with Gasteiger partial charge in [-0.3, -0.25) is 4.79 Å². The second-order valence-corrected chi connectivity index (χ2v) is 9.10. The lowest BCUT2D eigenvalue weighted by Crippen LogP contribution is -2.49. The van der Waals surface area contributed by atoms with Crippen molar-refractivity contribution in [2.45, 2.75) is 13.8 Å². The predicted molar refractivity (Wildman–Crippen MR) is 139 cm³/mol. The first kappa shape index (κ1) is 22.8. The van der Waals surface area contributed by atoms with E-state index >= 15 is 0 Å². The quantitative estimate of drug-likeness (QED) is 0.433. The van der Waals surface area contributed by atoms with Crippen LogP contribution in [0.15, 0.2) is 66.9 Å².